The zero-order valence-corrected chi connectivity index (χ0v) is 12.0. The van der Waals surface area contributed by atoms with Crippen molar-refractivity contribution in [3.05, 3.63) is 36.5 Å². The summed E-state index contributed by atoms with van der Waals surface area (Å²) >= 11 is 5.17. The number of hydrazone groups is 1. The average Bonchev–Trinajstić information content (AvgIpc) is 2.36. The van der Waals surface area contributed by atoms with Gasteiger partial charge < -0.3 is 0 Å². The van der Waals surface area contributed by atoms with Crippen LogP contribution in [-0.4, -0.2) is 19.8 Å². The van der Waals surface area contributed by atoms with Gasteiger partial charge >= 0.3 is 0 Å². The van der Waals surface area contributed by atoms with E-state index in [1.165, 1.54) is 6.21 Å². The second kappa shape index (κ2) is 11.0. The molecule has 0 spiro atoms. The highest BCUT2D eigenvalue weighted by molar-refractivity contribution is 7.90. The second-order valence-electron chi connectivity index (χ2n) is 3.40. The molecule has 0 amide bonds. The van der Waals surface area contributed by atoms with Crippen molar-refractivity contribution in [1.82, 2.24) is 4.83 Å². The summed E-state index contributed by atoms with van der Waals surface area (Å²) in [6.07, 6.45) is 16.0. The quantitative estimate of drug-likeness (QED) is 0.233. The molecule has 4 nitrogen and oxygen atoms in total. The van der Waals surface area contributed by atoms with Crippen molar-refractivity contribution in [2.45, 2.75) is 26.2 Å². The molecule has 18 heavy (non-hydrogen) atoms. The molecule has 0 aliphatic carbocycles. The summed E-state index contributed by atoms with van der Waals surface area (Å²) in [5.74, 6) is 0. The van der Waals surface area contributed by atoms with Crippen molar-refractivity contribution in [3.8, 4) is 0 Å². The third-order valence-corrected chi connectivity index (χ3v) is 3.28. The van der Waals surface area contributed by atoms with E-state index in [0.29, 0.717) is 0 Å². The maximum Gasteiger partial charge on any atom is 0.261 e. The molecule has 0 atom stereocenters. The Morgan fingerprint density at radius 3 is 2.61 bits per heavy atom. The van der Waals surface area contributed by atoms with Crippen LogP contribution in [0.4, 0.5) is 0 Å². The first kappa shape index (κ1) is 16.9. The van der Waals surface area contributed by atoms with Crippen LogP contribution in [0.5, 0.6) is 0 Å². The maximum atomic E-state index is 10.9. The van der Waals surface area contributed by atoms with Crippen LogP contribution in [0.25, 0.3) is 0 Å². The Labute approximate surface area is 114 Å². The van der Waals surface area contributed by atoms with Crippen LogP contribution in [0.3, 0.4) is 0 Å². The summed E-state index contributed by atoms with van der Waals surface area (Å²) in [5, 5.41) is 2.99. The molecule has 0 aromatic carbocycles. The van der Waals surface area contributed by atoms with Crippen molar-refractivity contribution < 1.29 is 8.42 Å². The third-order valence-electron chi connectivity index (χ3n) is 1.75. The Bertz CT molecular complexity index is 412. The lowest BCUT2D eigenvalue weighted by atomic mass is 10.2. The summed E-state index contributed by atoms with van der Waals surface area (Å²) in [5.41, 5.74) is 0. The van der Waals surface area contributed by atoms with Crippen molar-refractivity contribution in [3.63, 3.8) is 0 Å². The molecular weight excluding hydrogens is 272 g/mol. The lowest BCUT2D eigenvalue weighted by Gasteiger charge is -1.94. The fourth-order valence-electron chi connectivity index (χ4n) is 0.908. The van der Waals surface area contributed by atoms with Crippen molar-refractivity contribution in [2.24, 2.45) is 5.10 Å². The molecule has 0 fully saturated rings. The van der Waals surface area contributed by atoms with Gasteiger partial charge in [0, 0.05) is 6.21 Å². The molecule has 1 N–H and O–H groups in total. The number of alkyl halides is 1. The number of allylic oxidation sites excluding steroid dienone is 6. The number of sulfonamides is 1. The minimum Gasteiger partial charge on any atom is -0.204 e. The van der Waals surface area contributed by atoms with Gasteiger partial charge in [0.25, 0.3) is 10.0 Å². The number of hydrogen-bond donors (Lipinski definition) is 1. The van der Waals surface area contributed by atoms with E-state index in [-0.39, 0.29) is 0 Å². The molecule has 0 aliphatic heterocycles. The van der Waals surface area contributed by atoms with E-state index >= 15 is 0 Å². The zero-order chi connectivity index (χ0) is 13.7. The van der Waals surface area contributed by atoms with Crippen LogP contribution in [0, 0.1) is 0 Å². The molecule has 0 bridgehead atoms. The Morgan fingerprint density at radius 2 is 1.94 bits per heavy atom. The first-order valence-electron chi connectivity index (χ1n) is 5.67. The molecule has 0 aromatic heterocycles. The minimum absolute atomic E-state index is 0.502. The van der Waals surface area contributed by atoms with Gasteiger partial charge in [-0.3, -0.25) is 0 Å². The molecule has 0 saturated heterocycles. The maximum absolute atomic E-state index is 10.9. The van der Waals surface area contributed by atoms with Crippen molar-refractivity contribution >= 4 is 27.8 Å². The van der Waals surface area contributed by atoms with E-state index in [1.807, 2.05) is 17.0 Å². The molecule has 0 saturated carbocycles. The average molecular weight is 291 g/mol. The minimum atomic E-state index is -3.47. The number of nitrogens with one attached hydrogen (secondary N) is 1. The monoisotopic (exact) mass is 290 g/mol. The molecule has 0 heterocycles. The Morgan fingerprint density at radius 1 is 1.17 bits per heavy atom. The fourth-order valence-corrected chi connectivity index (χ4v) is 1.33. The SMILES string of the molecule is CCC/C=C/C/C=C/C=C/C=N/NS(=O)(=O)CCl. The van der Waals surface area contributed by atoms with Gasteiger partial charge in [0.15, 0.2) is 0 Å². The van der Waals surface area contributed by atoms with Crippen molar-refractivity contribution in [2.75, 3.05) is 5.21 Å². The van der Waals surface area contributed by atoms with E-state index in [4.69, 9.17) is 11.6 Å². The molecule has 0 unspecified atom stereocenters. The Balaban J connectivity index is 3.77. The van der Waals surface area contributed by atoms with E-state index < -0.39 is 15.2 Å². The summed E-state index contributed by atoms with van der Waals surface area (Å²) in [7, 11) is -3.47. The lowest BCUT2D eigenvalue weighted by Crippen LogP contribution is -2.18. The molecule has 0 radical (unpaired) electrons. The van der Waals surface area contributed by atoms with E-state index in [1.54, 1.807) is 12.2 Å². The zero-order valence-electron chi connectivity index (χ0n) is 10.4. The summed E-state index contributed by atoms with van der Waals surface area (Å²) in [4.78, 5) is 1.96. The smallest absolute Gasteiger partial charge is 0.204 e. The van der Waals surface area contributed by atoms with Crippen LogP contribution in [0.2, 0.25) is 0 Å². The topological polar surface area (TPSA) is 58.5 Å². The van der Waals surface area contributed by atoms with E-state index in [9.17, 15) is 8.42 Å². The lowest BCUT2D eigenvalue weighted by molar-refractivity contribution is 0.589. The summed E-state index contributed by atoms with van der Waals surface area (Å²) in [6.45, 7) is 2.14. The highest BCUT2D eigenvalue weighted by atomic mass is 35.5. The van der Waals surface area contributed by atoms with Crippen LogP contribution < -0.4 is 4.83 Å². The number of halogens is 1. The van der Waals surface area contributed by atoms with Gasteiger partial charge in [-0.1, -0.05) is 43.7 Å². The predicted molar refractivity (Wildman–Crippen MR) is 78.2 cm³/mol. The van der Waals surface area contributed by atoms with Crippen LogP contribution in [-0.2, 0) is 10.0 Å². The van der Waals surface area contributed by atoms with E-state index in [0.717, 1.165) is 19.3 Å². The molecular formula is C12H19ClN2O2S. The Kier molecular flexibility index (Phi) is 10.4. The number of hydrogen-bond acceptors (Lipinski definition) is 3. The molecule has 0 aromatic rings. The van der Waals surface area contributed by atoms with Crippen molar-refractivity contribution in [1.29, 1.82) is 0 Å². The number of unbranched alkanes of at least 4 members (excludes halogenated alkanes) is 1. The summed E-state index contributed by atoms with van der Waals surface area (Å²) < 4.78 is 21.7. The largest absolute Gasteiger partial charge is 0.261 e. The number of nitrogens with zero attached hydrogens (tertiary/aromatic N) is 1. The standard InChI is InChI=1S/C12H19ClN2O2S/c1-2-3-4-5-6-7-8-9-10-11-14-15-18(16,17)12-13/h4-5,7-11,15H,2-3,6,12H2,1H3/b5-4+,8-7+,10-9+,14-11+. The van der Waals surface area contributed by atoms with E-state index in [2.05, 4.69) is 24.2 Å². The predicted octanol–water partition coefficient (Wildman–Crippen LogP) is 2.95. The van der Waals surface area contributed by atoms with Crippen LogP contribution in [0.1, 0.15) is 26.2 Å². The first-order valence-corrected chi connectivity index (χ1v) is 7.86. The van der Waals surface area contributed by atoms with Crippen LogP contribution >= 0.6 is 11.6 Å². The molecule has 6 heteroatoms. The van der Waals surface area contributed by atoms with Gasteiger partial charge in [-0.15, -0.1) is 11.6 Å². The Hall–Kier alpha value is -1.07. The first-order chi connectivity index (χ1) is 8.62. The molecule has 0 aliphatic rings. The van der Waals surface area contributed by atoms with Gasteiger partial charge in [0.1, 0.15) is 5.21 Å². The normalized spacial score (nSPS) is 13.4. The van der Waals surface area contributed by atoms with Gasteiger partial charge in [-0.25, -0.2) is 13.2 Å². The third kappa shape index (κ3) is 11.4. The van der Waals surface area contributed by atoms with Gasteiger partial charge in [0.05, 0.1) is 0 Å². The fraction of sp³-hybridized carbons (Fsp3) is 0.417. The molecule has 0 rings (SSSR count). The van der Waals surface area contributed by atoms with Gasteiger partial charge in [0.2, 0.25) is 0 Å². The van der Waals surface area contributed by atoms with Gasteiger partial charge in [-0.05, 0) is 18.9 Å². The van der Waals surface area contributed by atoms with Gasteiger partial charge in [-0.2, -0.15) is 5.10 Å². The second-order valence-corrected chi connectivity index (χ2v) is 5.69. The summed E-state index contributed by atoms with van der Waals surface area (Å²) in [6, 6.07) is 0. The molecule has 102 valence electrons. The van der Waals surface area contributed by atoms with Crippen LogP contribution in [0.15, 0.2) is 41.6 Å². The highest BCUT2D eigenvalue weighted by Gasteiger charge is 2.02. The number of rotatable bonds is 9. The highest BCUT2D eigenvalue weighted by Crippen LogP contribution is 1.92.